The highest BCUT2D eigenvalue weighted by Gasteiger charge is 2.31. The van der Waals surface area contributed by atoms with E-state index in [0.717, 1.165) is 57.8 Å². The molecule has 47 heavy (non-hydrogen) atoms. The topological polar surface area (TPSA) is 99.1 Å². The normalized spacial score (nSPS) is 13.6. The van der Waals surface area contributed by atoms with Crippen molar-refractivity contribution in [3.05, 3.63) is 48.6 Å². The van der Waals surface area contributed by atoms with Gasteiger partial charge in [0.2, 0.25) is 0 Å². The van der Waals surface area contributed by atoms with Crippen molar-refractivity contribution in [1.82, 2.24) is 0 Å². The van der Waals surface area contributed by atoms with Gasteiger partial charge in [0.25, 0.3) is 0 Å². The van der Waals surface area contributed by atoms with Gasteiger partial charge in [0.15, 0.2) is 12.1 Å². The van der Waals surface area contributed by atoms with Crippen LogP contribution in [0, 0.1) is 0 Å². The number of aliphatic carboxylic acids is 1. The van der Waals surface area contributed by atoms with Crippen molar-refractivity contribution in [2.24, 2.45) is 0 Å². The lowest BCUT2D eigenvalue weighted by Crippen LogP contribution is -2.50. The molecule has 0 aliphatic rings. The molecule has 0 heterocycles. The van der Waals surface area contributed by atoms with Crippen molar-refractivity contribution in [3.63, 3.8) is 0 Å². The van der Waals surface area contributed by atoms with E-state index in [1.54, 1.807) is 0 Å². The summed E-state index contributed by atoms with van der Waals surface area (Å²) >= 11 is 0. The summed E-state index contributed by atoms with van der Waals surface area (Å²) < 4.78 is 17.1. The summed E-state index contributed by atoms with van der Waals surface area (Å²) in [4.78, 5) is 36.6. The zero-order chi connectivity index (χ0) is 35.0. The van der Waals surface area contributed by atoms with Crippen molar-refractivity contribution in [1.29, 1.82) is 0 Å². The molecule has 1 N–H and O–H groups in total. The summed E-state index contributed by atoms with van der Waals surface area (Å²) in [7, 11) is 5.49. The van der Waals surface area contributed by atoms with Crippen LogP contribution in [-0.4, -0.2) is 80.6 Å². The zero-order valence-corrected chi connectivity index (χ0v) is 30.5. The van der Waals surface area contributed by atoms with Crippen LogP contribution in [0.5, 0.6) is 0 Å². The number of nitrogens with zero attached hydrogens (tertiary/aromatic N) is 1. The Morgan fingerprint density at radius 1 is 0.660 bits per heavy atom. The number of carboxylic acid groups (broad SMARTS) is 1. The van der Waals surface area contributed by atoms with Gasteiger partial charge in [0.1, 0.15) is 6.61 Å². The second-order valence-corrected chi connectivity index (χ2v) is 13.1. The molecule has 270 valence electrons. The van der Waals surface area contributed by atoms with E-state index in [1.807, 2.05) is 21.1 Å². The Morgan fingerprint density at radius 3 is 1.85 bits per heavy atom. The minimum Gasteiger partial charge on any atom is -0.477 e. The minimum atomic E-state index is -0.886. The molecule has 2 atom stereocenters. The lowest BCUT2D eigenvalue weighted by atomic mass is 10.1. The van der Waals surface area contributed by atoms with Crippen LogP contribution in [0.2, 0.25) is 0 Å². The fraction of sp³-hybridized carbons (Fsp3) is 0.718. The SMILES string of the molecule is CC/C=C/C/C=C/C/C=C/CCCC(=O)OCC(COCCC(C(=O)O)[N+](C)(C)C)OC(=O)CCCCCCC/C=C/CCCCC. The van der Waals surface area contributed by atoms with E-state index in [1.165, 1.54) is 32.1 Å². The highest BCUT2D eigenvalue weighted by Crippen LogP contribution is 2.12. The zero-order valence-electron chi connectivity index (χ0n) is 30.5. The molecule has 0 bridgehead atoms. The second-order valence-electron chi connectivity index (χ2n) is 13.1. The first-order chi connectivity index (χ1) is 22.6. The molecule has 0 aromatic heterocycles. The summed E-state index contributed by atoms with van der Waals surface area (Å²) in [5.74, 6) is -1.56. The summed E-state index contributed by atoms with van der Waals surface area (Å²) in [5.41, 5.74) is 0. The Hall–Kier alpha value is -2.71. The number of hydrogen-bond donors (Lipinski definition) is 1. The second kappa shape index (κ2) is 30.6. The van der Waals surface area contributed by atoms with Gasteiger partial charge in [-0.25, -0.2) is 4.79 Å². The third kappa shape index (κ3) is 29.2. The van der Waals surface area contributed by atoms with Crippen molar-refractivity contribution >= 4 is 17.9 Å². The fourth-order valence-electron chi connectivity index (χ4n) is 4.87. The van der Waals surface area contributed by atoms with Crippen molar-refractivity contribution in [2.75, 3.05) is 41.0 Å². The molecule has 8 heteroatoms. The highest BCUT2D eigenvalue weighted by atomic mass is 16.6. The predicted molar refractivity (Wildman–Crippen MR) is 192 cm³/mol. The van der Waals surface area contributed by atoms with Crippen LogP contribution in [0.3, 0.4) is 0 Å². The molecule has 0 radical (unpaired) electrons. The van der Waals surface area contributed by atoms with Crippen LogP contribution in [0.1, 0.15) is 129 Å². The average molecular weight is 663 g/mol. The highest BCUT2D eigenvalue weighted by molar-refractivity contribution is 5.72. The van der Waals surface area contributed by atoms with E-state index < -0.39 is 18.1 Å². The Morgan fingerprint density at radius 2 is 1.21 bits per heavy atom. The Kier molecular flexibility index (Phi) is 28.8. The van der Waals surface area contributed by atoms with Gasteiger partial charge in [0.05, 0.1) is 34.4 Å². The maximum atomic E-state index is 12.6. The van der Waals surface area contributed by atoms with Gasteiger partial charge in [-0.1, -0.05) is 94.6 Å². The molecule has 0 spiro atoms. The molecule has 8 nitrogen and oxygen atoms in total. The van der Waals surface area contributed by atoms with Crippen LogP contribution < -0.4 is 0 Å². The molecule has 0 amide bonds. The predicted octanol–water partition coefficient (Wildman–Crippen LogP) is 8.90. The summed E-state index contributed by atoms with van der Waals surface area (Å²) in [5, 5.41) is 9.56. The Labute approximate surface area is 286 Å². The van der Waals surface area contributed by atoms with Gasteiger partial charge < -0.3 is 23.8 Å². The maximum absolute atomic E-state index is 12.6. The number of unbranched alkanes of at least 4 members (excludes halogenated alkanes) is 9. The number of likely N-dealkylation sites (N-methyl/N-ethyl adjacent to an activating group) is 1. The number of rotatable bonds is 31. The number of hydrogen-bond acceptors (Lipinski definition) is 6. The minimum absolute atomic E-state index is 0.0406. The van der Waals surface area contributed by atoms with E-state index in [9.17, 15) is 19.5 Å². The molecular formula is C39H68NO7+. The number of carbonyl (C=O) groups is 3. The summed E-state index contributed by atoms with van der Waals surface area (Å²) in [6.07, 6.45) is 33.1. The molecule has 0 saturated carbocycles. The van der Waals surface area contributed by atoms with Gasteiger partial charge in [-0.15, -0.1) is 0 Å². The van der Waals surface area contributed by atoms with Crippen LogP contribution in [0.4, 0.5) is 0 Å². The lowest BCUT2D eigenvalue weighted by Gasteiger charge is -2.31. The number of allylic oxidation sites excluding steroid dienone is 8. The molecule has 0 fully saturated rings. The van der Waals surface area contributed by atoms with E-state index in [-0.39, 0.29) is 42.7 Å². The van der Waals surface area contributed by atoms with Crippen LogP contribution >= 0.6 is 0 Å². The molecule has 0 saturated heterocycles. The third-order valence-corrected chi connectivity index (χ3v) is 7.71. The van der Waals surface area contributed by atoms with Gasteiger partial charge in [-0.05, 0) is 64.2 Å². The third-order valence-electron chi connectivity index (χ3n) is 7.71. The van der Waals surface area contributed by atoms with E-state index in [4.69, 9.17) is 14.2 Å². The van der Waals surface area contributed by atoms with Crippen molar-refractivity contribution in [3.8, 4) is 0 Å². The van der Waals surface area contributed by atoms with Crippen LogP contribution in [0.25, 0.3) is 0 Å². The number of quaternary nitrogens is 1. The van der Waals surface area contributed by atoms with Crippen molar-refractivity contribution < 1.29 is 38.2 Å². The number of carbonyl (C=O) groups excluding carboxylic acids is 2. The lowest BCUT2D eigenvalue weighted by molar-refractivity contribution is -0.887. The molecule has 2 unspecified atom stereocenters. The van der Waals surface area contributed by atoms with Gasteiger partial charge >= 0.3 is 17.9 Å². The van der Waals surface area contributed by atoms with Crippen LogP contribution in [0.15, 0.2) is 48.6 Å². The van der Waals surface area contributed by atoms with Gasteiger partial charge in [-0.2, -0.15) is 0 Å². The summed E-state index contributed by atoms with van der Waals surface area (Å²) in [6.45, 7) is 4.49. The quantitative estimate of drug-likeness (QED) is 0.0343. The maximum Gasteiger partial charge on any atom is 0.362 e. The van der Waals surface area contributed by atoms with Crippen molar-refractivity contribution in [2.45, 2.75) is 142 Å². The number of carboxylic acids is 1. The monoisotopic (exact) mass is 662 g/mol. The van der Waals surface area contributed by atoms with E-state index in [0.29, 0.717) is 19.3 Å². The number of ether oxygens (including phenoxy) is 3. The first-order valence-electron chi connectivity index (χ1n) is 18.2. The number of esters is 2. The molecule has 0 aliphatic heterocycles. The fourth-order valence-corrected chi connectivity index (χ4v) is 4.87. The molecule has 0 aromatic rings. The summed E-state index contributed by atoms with van der Waals surface area (Å²) in [6, 6.07) is -0.622. The van der Waals surface area contributed by atoms with Gasteiger partial charge in [-0.3, -0.25) is 9.59 Å². The smallest absolute Gasteiger partial charge is 0.362 e. The van der Waals surface area contributed by atoms with Crippen LogP contribution in [-0.2, 0) is 28.6 Å². The first kappa shape index (κ1) is 44.3. The Balaban J connectivity index is 4.55. The molecule has 0 rings (SSSR count). The average Bonchev–Trinajstić information content (AvgIpc) is 3.01. The standard InChI is InChI=1S/C39H67NO7/c1-6-8-10-12-14-16-18-20-22-24-26-28-30-38(42)47-35(33-45-32-31-36(39(43)44)40(3,4)5)34-46-37(41)29-27-25-23-21-19-17-15-13-11-9-7-2/h9,11,14-17,21,23,35-36H,6-8,10,12-13,18-20,22,24-34H2,1-5H3/p+1/b11-9+,16-14+,17-15+,23-21+. The Bertz CT molecular complexity index is 917. The molecule has 0 aromatic carbocycles. The molecular weight excluding hydrogens is 594 g/mol. The first-order valence-corrected chi connectivity index (χ1v) is 18.2. The van der Waals surface area contributed by atoms with E-state index >= 15 is 0 Å². The van der Waals surface area contributed by atoms with E-state index in [2.05, 4.69) is 62.5 Å². The largest absolute Gasteiger partial charge is 0.477 e. The van der Waals surface area contributed by atoms with Gasteiger partial charge in [0, 0.05) is 19.3 Å². The molecule has 0 aliphatic carbocycles.